The lowest BCUT2D eigenvalue weighted by Crippen LogP contribution is -2.05. The Morgan fingerprint density at radius 3 is 1.17 bits per heavy atom. The van der Waals surface area contributed by atoms with Gasteiger partial charge < -0.3 is 9.47 Å². The summed E-state index contributed by atoms with van der Waals surface area (Å²) in [6, 6.07) is 0. The van der Waals surface area contributed by atoms with Crippen LogP contribution >= 0.6 is 0 Å². The van der Waals surface area contributed by atoms with Crippen LogP contribution in [-0.2, 0) is 19.1 Å². The standard InChI is InChI=1S/C32H60O4/c1-3-5-7-25-29-35-31(33)27-23-21-19-17-15-13-11-9-10-12-14-16-18-20-22-24-28-32(34)36-30-26-8-6-4-2/h11,13H,3-10,12,14-30H2,1-2H3/b13-11+. The first-order valence-corrected chi connectivity index (χ1v) is 15.7. The van der Waals surface area contributed by atoms with Crippen LogP contribution in [0.25, 0.3) is 0 Å². The second-order valence-electron chi connectivity index (χ2n) is 10.4. The maximum absolute atomic E-state index is 11.7. The summed E-state index contributed by atoms with van der Waals surface area (Å²) in [6.07, 6.45) is 31.9. The molecule has 0 saturated carbocycles. The summed E-state index contributed by atoms with van der Waals surface area (Å²) in [6.45, 7) is 5.58. The monoisotopic (exact) mass is 508 g/mol. The second-order valence-corrected chi connectivity index (χ2v) is 10.4. The molecule has 0 unspecified atom stereocenters. The predicted octanol–water partition coefficient (Wildman–Crippen LogP) is 10.0. The van der Waals surface area contributed by atoms with Gasteiger partial charge in [-0.25, -0.2) is 0 Å². The highest BCUT2D eigenvalue weighted by Gasteiger charge is 2.03. The van der Waals surface area contributed by atoms with Crippen molar-refractivity contribution in [1.29, 1.82) is 0 Å². The Bertz CT molecular complexity index is 500. The van der Waals surface area contributed by atoms with E-state index >= 15 is 0 Å². The maximum Gasteiger partial charge on any atom is 0.305 e. The van der Waals surface area contributed by atoms with Crippen molar-refractivity contribution in [1.82, 2.24) is 0 Å². The molecule has 0 fully saturated rings. The van der Waals surface area contributed by atoms with E-state index in [4.69, 9.17) is 9.47 Å². The topological polar surface area (TPSA) is 52.6 Å². The number of carbonyl (C=O) groups is 2. The Kier molecular flexibility index (Phi) is 28.8. The van der Waals surface area contributed by atoms with E-state index in [9.17, 15) is 9.59 Å². The van der Waals surface area contributed by atoms with Crippen LogP contribution in [0.15, 0.2) is 12.2 Å². The second kappa shape index (κ2) is 29.9. The zero-order chi connectivity index (χ0) is 26.4. The minimum absolute atomic E-state index is 0.00931. The lowest BCUT2D eigenvalue weighted by molar-refractivity contribution is -0.144. The van der Waals surface area contributed by atoms with Gasteiger partial charge in [-0.05, 0) is 51.4 Å². The molecule has 0 radical (unpaired) electrons. The molecule has 4 nitrogen and oxygen atoms in total. The Labute approximate surface area is 224 Å². The third-order valence-corrected chi connectivity index (χ3v) is 6.69. The summed E-state index contributed by atoms with van der Waals surface area (Å²) in [4.78, 5) is 23.3. The van der Waals surface area contributed by atoms with Crippen molar-refractivity contribution in [3.05, 3.63) is 12.2 Å². The zero-order valence-electron chi connectivity index (χ0n) is 24.2. The first-order valence-electron chi connectivity index (χ1n) is 15.7. The molecule has 0 bridgehead atoms. The summed E-state index contributed by atoms with van der Waals surface area (Å²) in [5.74, 6) is -0.0262. The molecule has 0 aliphatic carbocycles. The van der Waals surface area contributed by atoms with Gasteiger partial charge in [-0.15, -0.1) is 0 Å². The average Bonchev–Trinajstić information content (AvgIpc) is 2.87. The van der Waals surface area contributed by atoms with Crippen molar-refractivity contribution in [2.45, 2.75) is 168 Å². The number of rotatable bonds is 28. The molecule has 0 N–H and O–H groups in total. The van der Waals surface area contributed by atoms with Crippen LogP contribution in [0.1, 0.15) is 168 Å². The van der Waals surface area contributed by atoms with E-state index in [1.54, 1.807) is 0 Å². The van der Waals surface area contributed by atoms with Crippen molar-refractivity contribution in [3.8, 4) is 0 Å². The molecule has 36 heavy (non-hydrogen) atoms. The smallest absolute Gasteiger partial charge is 0.305 e. The van der Waals surface area contributed by atoms with Crippen molar-refractivity contribution in [2.24, 2.45) is 0 Å². The molecule has 0 aromatic rings. The Balaban J connectivity index is 3.24. The molecule has 0 aromatic carbocycles. The number of ether oxygens (including phenoxy) is 2. The molecular formula is C32H60O4. The van der Waals surface area contributed by atoms with Gasteiger partial charge in [0.1, 0.15) is 0 Å². The van der Waals surface area contributed by atoms with Crippen molar-refractivity contribution in [2.75, 3.05) is 13.2 Å². The number of hydrogen-bond acceptors (Lipinski definition) is 4. The predicted molar refractivity (Wildman–Crippen MR) is 153 cm³/mol. The SMILES string of the molecule is CCCCCCOC(=O)CCCCCC/C=C/CCCCCCCCCCC(=O)OCCCCCC. The van der Waals surface area contributed by atoms with Gasteiger partial charge in [0.15, 0.2) is 0 Å². The van der Waals surface area contributed by atoms with E-state index in [-0.39, 0.29) is 11.9 Å². The molecule has 0 rings (SSSR count). The number of esters is 2. The van der Waals surface area contributed by atoms with Crippen LogP contribution in [0.2, 0.25) is 0 Å². The molecule has 4 heteroatoms. The van der Waals surface area contributed by atoms with Gasteiger partial charge in [0.05, 0.1) is 13.2 Å². The number of carbonyl (C=O) groups excluding carboxylic acids is 2. The Hall–Kier alpha value is -1.32. The zero-order valence-corrected chi connectivity index (χ0v) is 24.2. The molecule has 0 aromatic heterocycles. The molecular weight excluding hydrogens is 448 g/mol. The first-order chi connectivity index (χ1) is 17.7. The van der Waals surface area contributed by atoms with Gasteiger partial charge in [0.25, 0.3) is 0 Å². The molecule has 0 saturated heterocycles. The van der Waals surface area contributed by atoms with E-state index < -0.39 is 0 Å². The molecule has 0 amide bonds. The molecule has 0 atom stereocenters. The van der Waals surface area contributed by atoms with E-state index in [1.165, 1.54) is 96.3 Å². The van der Waals surface area contributed by atoms with Crippen LogP contribution in [0.4, 0.5) is 0 Å². The van der Waals surface area contributed by atoms with Gasteiger partial charge >= 0.3 is 11.9 Å². The number of unbranched alkanes of at least 4 members (excludes halogenated alkanes) is 18. The van der Waals surface area contributed by atoms with Gasteiger partial charge in [-0.3, -0.25) is 9.59 Å². The largest absolute Gasteiger partial charge is 0.466 e. The highest BCUT2D eigenvalue weighted by atomic mass is 16.5. The summed E-state index contributed by atoms with van der Waals surface area (Å²) >= 11 is 0. The summed E-state index contributed by atoms with van der Waals surface area (Å²) in [5, 5.41) is 0. The third-order valence-electron chi connectivity index (χ3n) is 6.69. The lowest BCUT2D eigenvalue weighted by atomic mass is 10.1. The minimum atomic E-state index is -0.0169. The number of allylic oxidation sites excluding steroid dienone is 2. The summed E-state index contributed by atoms with van der Waals surface area (Å²) < 4.78 is 10.6. The van der Waals surface area contributed by atoms with Crippen LogP contribution in [-0.4, -0.2) is 25.2 Å². The molecule has 212 valence electrons. The highest BCUT2D eigenvalue weighted by Crippen LogP contribution is 2.12. The third kappa shape index (κ3) is 28.9. The van der Waals surface area contributed by atoms with E-state index in [0.717, 1.165) is 44.9 Å². The molecule has 0 spiro atoms. The average molecular weight is 509 g/mol. The van der Waals surface area contributed by atoms with Crippen molar-refractivity contribution >= 4 is 11.9 Å². The highest BCUT2D eigenvalue weighted by molar-refractivity contribution is 5.69. The van der Waals surface area contributed by atoms with Crippen molar-refractivity contribution < 1.29 is 19.1 Å². The summed E-state index contributed by atoms with van der Waals surface area (Å²) in [5.41, 5.74) is 0. The van der Waals surface area contributed by atoms with E-state index in [1.807, 2.05) is 0 Å². The van der Waals surface area contributed by atoms with Crippen molar-refractivity contribution in [3.63, 3.8) is 0 Å². The van der Waals surface area contributed by atoms with E-state index in [0.29, 0.717) is 26.1 Å². The minimum Gasteiger partial charge on any atom is -0.466 e. The van der Waals surface area contributed by atoms with Crippen LogP contribution in [0.3, 0.4) is 0 Å². The maximum atomic E-state index is 11.7. The normalized spacial score (nSPS) is 11.3. The molecule has 0 heterocycles. The van der Waals surface area contributed by atoms with Crippen LogP contribution in [0, 0.1) is 0 Å². The fourth-order valence-corrected chi connectivity index (χ4v) is 4.29. The van der Waals surface area contributed by atoms with Gasteiger partial charge in [0, 0.05) is 12.8 Å². The van der Waals surface area contributed by atoms with Crippen LogP contribution < -0.4 is 0 Å². The Morgan fingerprint density at radius 1 is 0.444 bits per heavy atom. The van der Waals surface area contributed by atoms with Crippen LogP contribution in [0.5, 0.6) is 0 Å². The molecule has 0 aliphatic heterocycles. The lowest BCUT2D eigenvalue weighted by Gasteiger charge is -2.05. The fourth-order valence-electron chi connectivity index (χ4n) is 4.29. The fraction of sp³-hybridized carbons (Fsp3) is 0.875. The van der Waals surface area contributed by atoms with Gasteiger partial charge in [0.2, 0.25) is 0 Å². The Morgan fingerprint density at radius 2 is 0.778 bits per heavy atom. The summed E-state index contributed by atoms with van der Waals surface area (Å²) in [7, 11) is 0. The first kappa shape index (κ1) is 34.7. The van der Waals surface area contributed by atoms with Gasteiger partial charge in [-0.1, -0.05) is 116 Å². The van der Waals surface area contributed by atoms with E-state index in [2.05, 4.69) is 26.0 Å². The van der Waals surface area contributed by atoms with Gasteiger partial charge in [-0.2, -0.15) is 0 Å². The number of hydrogen-bond donors (Lipinski definition) is 0. The molecule has 0 aliphatic rings. The quantitative estimate of drug-likeness (QED) is 0.0599.